The summed E-state index contributed by atoms with van der Waals surface area (Å²) >= 11 is 0. The van der Waals surface area contributed by atoms with Gasteiger partial charge in [0, 0.05) is 52.0 Å². The van der Waals surface area contributed by atoms with E-state index in [1.807, 2.05) is 13.1 Å². The van der Waals surface area contributed by atoms with Crippen LogP contribution in [0.5, 0.6) is 0 Å². The third kappa shape index (κ3) is 6.56. The van der Waals surface area contributed by atoms with Crippen molar-refractivity contribution in [2.75, 3.05) is 63.9 Å². The van der Waals surface area contributed by atoms with Crippen molar-refractivity contribution in [2.45, 2.75) is 40.2 Å². The Hall–Kier alpha value is -2.35. The summed E-state index contributed by atoms with van der Waals surface area (Å²) in [6, 6.07) is 4.25. The molecular formula is C23H38N6O2. The second kappa shape index (κ2) is 11.9. The van der Waals surface area contributed by atoms with E-state index in [2.05, 4.69) is 51.0 Å². The van der Waals surface area contributed by atoms with Crippen LogP contribution >= 0.6 is 0 Å². The first-order valence-corrected chi connectivity index (χ1v) is 11.8. The average molecular weight is 431 g/mol. The van der Waals surface area contributed by atoms with Crippen molar-refractivity contribution < 1.29 is 9.53 Å². The molecule has 8 heteroatoms. The van der Waals surface area contributed by atoms with Crippen molar-refractivity contribution >= 4 is 17.7 Å². The van der Waals surface area contributed by atoms with E-state index in [0.717, 1.165) is 82.5 Å². The molecule has 0 atom stereocenters. The fourth-order valence-electron chi connectivity index (χ4n) is 4.17. The zero-order chi connectivity index (χ0) is 22.1. The van der Waals surface area contributed by atoms with Crippen LogP contribution in [0, 0.1) is 5.92 Å². The molecule has 1 aromatic heterocycles. The highest BCUT2D eigenvalue weighted by atomic mass is 16.5. The summed E-state index contributed by atoms with van der Waals surface area (Å²) in [4.78, 5) is 28.6. The summed E-state index contributed by atoms with van der Waals surface area (Å²) in [5.41, 5.74) is 1.10. The summed E-state index contributed by atoms with van der Waals surface area (Å²) in [5, 5.41) is 3.39. The van der Waals surface area contributed by atoms with Gasteiger partial charge < -0.3 is 24.8 Å². The van der Waals surface area contributed by atoms with E-state index >= 15 is 0 Å². The first-order valence-electron chi connectivity index (χ1n) is 11.8. The monoisotopic (exact) mass is 430 g/mol. The molecule has 0 amide bonds. The van der Waals surface area contributed by atoms with Crippen molar-refractivity contribution in [2.24, 2.45) is 10.9 Å². The zero-order valence-electron chi connectivity index (χ0n) is 19.3. The third-order valence-electron chi connectivity index (χ3n) is 6.11. The smallest absolute Gasteiger partial charge is 0.309 e. The Bertz CT molecular complexity index is 707. The summed E-state index contributed by atoms with van der Waals surface area (Å²) in [5.74, 6) is 1.90. The van der Waals surface area contributed by atoms with Crippen LogP contribution in [-0.2, 0) is 16.1 Å². The van der Waals surface area contributed by atoms with Crippen LogP contribution in [0.1, 0.15) is 39.2 Å². The third-order valence-corrected chi connectivity index (χ3v) is 6.11. The molecule has 1 aromatic rings. The lowest BCUT2D eigenvalue weighted by Crippen LogP contribution is -2.46. The Balaban J connectivity index is 1.54. The number of piperidine rings is 1. The van der Waals surface area contributed by atoms with Crippen LogP contribution < -0.4 is 10.2 Å². The number of likely N-dealkylation sites (tertiary alicyclic amines) is 1. The molecule has 172 valence electrons. The number of carbonyl (C=O) groups excluding carboxylic acids is 1. The highest BCUT2D eigenvalue weighted by Gasteiger charge is 2.27. The van der Waals surface area contributed by atoms with Gasteiger partial charge in [0.15, 0.2) is 5.96 Å². The molecular weight excluding hydrogens is 392 g/mol. The van der Waals surface area contributed by atoms with E-state index in [1.54, 1.807) is 0 Å². The highest BCUT2D eigenvalue weighted by Crippen LogP contribution is 2.19. The van der Waals surface area contributed by atoms with Gasteiger partial charge in [-0.05, 0) is 44.9 Å². The molecule has 8 nitrogen and oxygen atoms in total. The number of rotatable bonds is 7. The minimum absolute atomic E-state index is 0.00927. The van der Waals surface area contributed by atoms with Crippen molar-refractivity contribution in [3.8, 4) is 0 Å². The highest BCUT2D eigenvalue weighted by molar-refractivity contribution is 5.80. The number of nitrogens with zero attached hydrogens (tertiary/aromatic N) is 5. The SMILES string of the molecule is CCNC(=NCc1ccc(N2CCN(CC)CC2)nc1)N1CCC(C(=O)OCC)CC1. The molecule has 2 fully saturated rings. The number of hydrogen-bond acceptors (Lipinski definition) is 6. The number of ether oxygens (including phenoxy) is 1. The molecule has 3 rings (SSSR count). The molecule has 2 aliphatic heterocycles. The van der Waals surface area contributed by atoms with E-state index in [1.165, 1.54) is 0 Å². The average Bonchev–Trinajstić information content (AvgIpc) is 2.82. The van der Waals surface area contributed by atoms with Crippen LogP contribution in [0.3, 0.4) is 0 Å². The predicted molar refractivity (Wildman–Crippen MR) is 124 cm³/mol. The molecule has 0 unspecified atom stereocenters. The first-order chi connectivity index (χ1) is 15.1. The Morgan fingerprint density at radius 3 is 2.45 bits per heavy atom. The number of pyridine rings is 1. The van der Waals surface area contributed by atoms with E-state index < -0.39 is 0 Å². The Kier molecular flexibility index (Phi) is 8.94. The van der Waals surface area contributed by atoms with Gasteiger partial charge in [-0.2, -0.15) is 0 Å². The van der Waals surface area contributed by atoms with Crippen molar-refractivity contribution in [1.29, 1.82) is 0 Å². The number of esters is 1. The molecule has 0 bridgehead atoms. The quantitative estimate of drug-likeness (QED) is 0.403. The number of guanidine groups is 1. The van der Waals surface area contributed by atoms with Gasteiger partial charge in [0.05, 0.1) is 19.1 Å². The van der Waals surface area contributed by atoms with E-state index in [4.69, 9.17) is 9.73 Å². The van der Waals surface area contributed by atoms with Gasteiger partial charge in [-0.1, -0.05) is 13.0 Å². The number of anilines is 1. The Labute approximate surface area is 186 Å². The van der Waals surface area contributed by atoms with Gasteiger partial charge >= 0.3 is 5.97 Å². The zero-order valence-corrected chi connectivity index (χ0v) is 19.3. The standard InChI is InChI=1S/C23H38N6O2/c1-4-24-23(29-11-9-20(10-12-29)22(30)31-6-3)26-18-19-7-8-21(25-17-19)28-15-13-27(5-2)14-16-28/h7-8,17,20H,4-6,9-16,18H2,1-3H3,(H,24,26). The number of carbonyl (C=O) groups is 1. The van der Waals surface area contributed by atoms with Crippen molar-refractivity contribution in [3.63, 3.8) is 0 Å². The molecule has 1 N–H and O–H groups in total. The number of nitrogens with one attached hydrogen (secondary N) is 1. The minimum Gasteiger partial charge on any atom is -0.466 e. The van der Waals surface area contributed by atoms with E-state index in [9.17, 15) is 4.79 Å². The summed E-state index contributed by atoms with van der Waals surface area (Å²) < 4.78 is 5.18. The molecule has 2 aliphatic rings. The number of piperazine rings is 1. The molecule has 0 aliphatic carbocycles. The Morgan fingerprint density at radius 2 is 1.87 bits per heavy atom. The van der Waals surface area contributed by atoms with Crippen LogP contribution in [0.4, 0.5) is 5.82 Å². The maximum Gasteiger partial charge on any atom is 0.309 e. The Morgan fingerprint density at radius 1 is 1.13 bits per heavy atom. The van der Waals surface area contributed by atoms with Gasteiger partial charge in [-0.3, -0.25) is 4.79 Å². The molecule has 0 saturated carbocycles. The molecule has 31 heavy (non-hydrogen) atoms. The second-order valence-electron chi connectivity index (χ2n) is 8.13. The summed E-state index contributed by atoms with van der Waals surface area (Å²) in [7, 11) is 0. The van der Waals surface area contributed by atoms with Crippen LogP contribution in [0.15, 0.2) is 23.3 Å². The molecule has 3 heterocycles. The van der Waals surface area contributed by atoms with Crippen LogP contribution in [0.2, 0.25) is 0 Å². The molecule has 0 aromatic carbocycles. The van der Waals surface area contributed by atoms with Gasteiger partial charge in [0.25, 0.3) is 0 Å². The normalized spacial score (nSPS) is 18.9. The van der Waals surface area contributed by atoms with E-state index in [-0.39, 0.29) is 11.9 Å². The number of likely N-dealkylation sites (N-methyl/N-ethyl adjacent to an activating group) is 1. The lowest BCUT2D eigenvalue weighted by atomic mass is 9.97. The molecule has 2 saturated heterocycles. The number of aliphatic imine (C=N–C) groups is 1. The van der Waals surface area contributed by atoms with Crippen molar-refractivity contribution in [1.82, 2.24) is 20.1 Å². The largest absolute Gasteiger partial charge is 0.466 e. The lowest BCUT2D eigenvalue weighted by Gasteiger charge is -2.34. The number of hydrogen-bond donors (Lipinski definition) is 1. The predicted octanol–water partition coefficient (Wildman–Crippen LogP) is 1.96. The molecule has 0 spiro atoms. The van der Waals surface area contributed by atoms with Crippen molar-refractivity contribution in [3.05, 3.63) is 23.9 Å². The van der Waals surface area contributed by atoms with Crippen LogP contribution in [-0.4, -0.2) is 85.7 Å². The summed E-state index contributed by atoms with van der Waals surface area (Å²) in [6.07, 6.45) is 3.57. The van der Waals surface area contributed by atoms with Crippen LogP contribution in [0.25, 0.3) is 0 Å². The maximum absolute atomic E-state index is 12.0. The van der Waals surface area contributed by atoms with Gasteiger partial charge in [-0.15, -0.1) is 0 Å². The fraction of sp³-hybridized carbons (Fsp3) is 0.696. The molecule has 0 radical (unpaired) electrons. The topological polar surface area (TPSA) is 73.3 Å². The van der Waals surface area contributed by atoms with E-state index in [0.29, 0.717) is 13.2 Å². The maximum atomic E-state index is 12.0. The van der Waals surface area contributed by atoms with Gasteiger partial charge in [0.2, 0.25) is 0 Å². The first kappa shape index (κ1) is 23.3. The minimum atomic E-state index is -0.0636. The second-order valence-corrected chi connectivity index (χ2v) is 8.13. The summed E-state index contributed by atoms with van der Waals surface area (Å²) in [6.45, 7) is 15.0. The lowest BCUT2D eigenvalue weighted by molar-refractivity contribution is -0.149. The number of aromatic nitrogens is 1. The fourth-order valence-corrected chi connectivity index (χ4v) is 4.17. The van der Waals surface area contributed by atoms with Gasteiger partial charge in [-0.25, -0.2) is 9.98 Å². The van der Waals surface area contributed by atoms with Gasteiger partial charge in [0.1, 0.15) is 5.82 Å².